The number of hydrogen-bond acceptors (Lipinski definition) is 6. The van der Waals surface area contributed by atoms with Crippen LogP contribution in [0.25, 0.3) is 21.8 Å². The molecule has 0 bridgehead atoms. The van der Waals surface area contributed by atoms with Crippen molar-refractivity contribution in [1.29, 1.82) is 0 Å². The van der Waals surface area contributed by atoms with E-state index in [4.69, 9.17) is 9.47 Å². The zero-order valence-electron chi connectivity index (χ0n) is 13.1. The van der Waals surface area contributed by atoms with Gasteiger partial charge in [0.15, 0.2) is 0 Å². The van der Waals surface area contributed by atoms with Gasteiger partial charge in [-0.1, -0.05) is 0 Å². The van der Waals surface area contributed by atoms with Gasteiger partial charge in [-0.05, 0) is 13.0 Å². The average molecular weight is 344 g/mol. The van der Waals surface area contributed by atoms with Gasteiger partial charge in [0.05, 0.1) is 23.7 Å². The van der Waals surface area contributed by atoms with Gasteiger partial charge < -0.3 is 24.7 Å². The molecule has 0 radical (unpaired) electrons. The highest BCUT2D eigenvalue weighted by Crippen LogP contribution is 2.39. The molecule has 0 saturated carbocycles. The summed E-state index contributed by atoms with van der Waals surface area (Å²) in [6.07, 6.45) is 0. The fourth-order valence-corrected chi connectivity index (χ4v) is 2.83. The smallest absolute Gasteiger partial charge is 0.352 e. The molecule has 0 atom stereocenters. The largest absolute Gasteiger partial charge is 0.494 e. The van der Waals surface area contributed by atoms with Crippen molar-refractivity contribution in [3.63, 3.8) is 0 Å². The summed E-state index contributed by atoms with van der Waals surface area (Å²) in [5.74, 6) is -2.36. The first kappa shape index (κ1) is 16.2. The van der Waals surface area contributed by atoms with Gasteiger partial charge in [0.25, 0.3) is 6.47 Å². The number of pyridine rings is 1. The first-order valence-electron chi connectivity index (χ1n) is 7.00. The maximum atomic E-state index is 11.7. The summed E-state index contributed by atoms with van der Waals surface area (Å²) in [7, 11) is 1.38. The van der Waals surface area contributed by atoms with E-state index in [2.05, 4.69) is 9.97 Å². The number of ether oxygens (including phenoxy) is 2. The molecule has 0 aliphatic carbocycles. The molecule has 3 N–H and O–H groups in total. The normalized spacial score (nSPS) is 10.8. The Bertz CT molecular complexity index is 1050. The number of carbonyl (C=O) groups is 3. The van der Waals surface area contributed by atoms with E-state index >= 15 is 0 Å². The van der Waals surface area contributed by atoms with Crippen LogP contribution in [0.3, 0.4) is 0 Å². The SMILES string of the molecule is COc1c(C)c2cc(OC=O)nc2c2c(C(=O)O)cc(C(=O)O)[nH]c12. The van der Waals surface area contributed by atoms with Crippen molar-refractivity contribution < 1.29 is 34.1 Å². The highest BCUT2D eigenvalue weighted by Gasteiger charge is 2.23. The summed E-state index contributed by atoms with van der Waals surface area (Å²) >= 11 is 0. The van der Waals surface area contributed by atoms with Crippen molar-refractivity contribution in [2.24, 2.45) is 0 Å². The minimum Gasteiger partial charge on any atom is -0.494 e. The fourth-order valence-electron chi connectivity index (χ4n) is 2.83. The molecule has 1 aromatic carbocycles. The first-order chi connectivity index (χ1) is 11.9. The predicted octanol–water partition coefficient (Wildman–Crippen LogP) is 1.96. The molecular weight excluding hydrogens is 332 g/mol. The van der Waals surface area contributed by atoms with E-state index in [1.807, 2.05) is 0 Å². The van der Waals surface area contributed by atoms with Crippen molar-refractivity contribution in [3.8, 4) is 11.6 Å². The first-order valence-corrected chi connectivity index (χ1v) is 7.00. The number of rotatable bonds is 5. The number of methoxy groups -OCH3 is 1. The quantitative estimate of drug-likeness (QED) is 0.597. The number of carboxylic acid groups (broad SMARTS) is 2. The number of hydrogen-bond donors (Lipinski definition) is 3. The Labute approximate surface area is 139 Å². The zero-order chi connectivity index (χ0) is 18.3. The van der Waals surface area contributed by atoms with Gasteiger partial charge in [-0.2, -0.15) is 0 Å². The van der Waals surface area contributed by atoms with Crippen molar-refractivity contribution in [2.75, 3.05) is 7.11 Å². The average Bonchev–Trinajstić information content (AvgIpc) is 2.98. The lowest BCUT2D eigenvalue weighted by atomic mass is 10.0. The minimum atomic E-state index is -1.32. The third-order valence-corrected chi connectivity index (χ3v) is 3.85. The van der Waals surface area contributed by atoms with Crippen LogP contribution in [0, 0.1) is 6.92 Å². The van der Waals surface area contributed by atoms with Crippen LogP contribution < -0.4 is 9.47 Å². The third kappa shape index (κ3) is 2.42. The van der Waals surface area contributed by atoms with Crippen molar-refractivity contribution >= 4 is 40.2 Å². The number of benzene rings is 1. The predicted molar refractivity (Wildman–Crippen MR) is 85.5 cm³/mol. The molecule has 0 amide bonds. The maximum absolute atomic E-state index is 11.7. The molecule has 0 saturated heterocycles. The second-order valence-corrected chi connectivity index (χ2v) is 5.19. The second-order valence-electron chi connectivity index (χ2n) is 5.19. The van der Waals surface area contributed by atoms with Gasteiger partial charge in [0.2, 0.25) is 5.88 Å². The summed E-state index contributed by atoms with van der Waals surface area (Å²) in [6, 6.07) is 2.49. The standard InChI is InChI=1S/C16H12N2O7/c1-6-7-4-10(25-5-19)18-12(7)11-8(15(20)21)3-9(16(22)23)17-13(11)14(6)24-2/h3-5,17H,1-2H3,(H,20,21)(H,22,23). The summed E-state index contributed by atoms with van der Waals surface area (Å²) in [5, 5.41) is 19.5. The second kappa shape index (κ2) is 5.78. The number of aromatic amines is 1. The van der Waals surface area contributed by atoms with Gasteiger partial charge >= 0.3 is 11.9 Å². The molecule has 25 heavy (non-hydrogen) atoms. The highest BCUT2D eigenvalue weighted by atomic mass is 16.5. The molecule has 0 aliphatic heterocycles. The number of carboxylic acids is 2. The molecule has 2 heterocycles. The Balaban J connectivity index is 2.58. The van der Waals surface area contributed by atoms with E-state index in [-0.39, 0.29) is 45.8 Å². The molecule has 128 valence electrons. The third-order valence-electron chi connectivity index (χ3n) is 3.85. The van der Waals surface area contributed by atoms with Crippen LogP contribution in [0.5, 0.6) is 11.6 Å². The van der Waals surface area contributed by atoms with Gasteiger partial charge in [0, 0.05) is 22.4 Å². The Kier molecular flexibility index (Phi) is 3.76. The lowest BCUT2D eigenvalue weighted by molar-refractivity contribution is -0.120. The van der Waals surface area contributed by atoms with Crippen LogP contribution in [0.2, 0.25) is 0 Å². The highest BCUT2D eigenvalue weighted by molar-refractivity contribution is 6.18. The minimum absolute atomic E-state index is 0.00121. The molecule has 9 heteroatoms. The van der Waals surface area contributed by atoms with Crippen LogP contribution in [-0.2, 0) is 4.79 Å². The van der Waals surface area contributed by atoms with Gasteiger partial charge in [-0.15, -0.1) is 0 Å². The number of H-pyrrole nitrogens is 1. The van der Waals surface area contributed by atoms with Gasteiger partial charge in [0.1, 0.15) is 11.4 Å². The maximum Gasteiger partial charge on any atom is 0.352 e. The summed E-state index contributed by atoms with van der Waals surface area (Å²) in [5.41, 5.74) is 0.466. The number of aromatic carboxylic acids is 2. The summed E-state index contributed by atoms with van der Waals surface area (Å²) in [6.45, 7) is 1.91. The van der Waals surface area contributed by atoms with Crippen molar-refractivity contribution in [2.45, 2.75) is 6.92 Å². The number of aryl methyl sites for hydroxylation is 1. The molecule has 2 aromatic heterocycles. The van der Waals surface area contributed by atoms with Crippen LogP contribution >= 0.6 is 0 Å². The summed E-state index contributed by atoms with van der Waals surface area (Å²) in [4.78, 5) is 40.4. The van der Waals surface area contributed by atoms with E-state index in [0.29, 0.717) is 10.9 Å². The number of nitrogens with one attached hydrogen (secondary N) is 1. The zero-order valence-corrected chi connectivity index (χ0v) is 13.1. The topological polar surface area (TPSA) is 139 Å². The van der Waals surface area contributed by atoms with Crippen LogP contribution in [0.15, 0.2) is 12.1 Å². The lowest BCUT2D eigenvalue weighted by Crippen LogP contribution is -2.08. The van der Waals surface area contributed by atoms with E-state index < -0.39 is 11.9 Å². The van der Waals surface area contributed by atoms with Crippen LogP contribution in [-0.4, -0.2) is 45.7 Å². The van der Waals surface area contributed by atoms with Crippen LogP contribution in [0.4, 0.5) is 0 Å². The number of fused-ring (bicyclic) bond motifs is 3. The van der Waals surface area contributed by atoms with E-state index in [0.717, 1.165) is 6.07 Å². The van der Waals surface area contributed by atoms with Gasteiger partial charge in [-0.3, -0.25) is 4.79 Å². The molecule has 0 spiro atoms. The Morgan fingerprint density at radius 1 is 1.24 bits per heavy atom. The number of nitrogens with zero attached hydrogens (tertiary/aromatic N) is 1. The lowest BCUT2D eigenvalue weighted by Gasteiger charge is -2.13. The van der Waals surface area contributed by atoms with Crippen molar-refractivity contribution in [3.05, 3.63) is 29.0 Å². The molecule has 0 fully saturated rings. The molecule has 9 nitrogen and oxygen atoms in total. The van der Waals surface area contributed by atoms with E-state index in [9.17, 15) is 24.6 Å². The molecule has 0 aliphatic rings. The van der Waals surface area contributed by atoms with Crippen LogP contribution in [0.1, 0.15) is 26.4 Å². The van der Waals surface area contributed by atoms with E-state index in [1.165, 1.54) is 13.2 Å². The fraction of sp³-hybridized carbons (Fsp3) is 0.125. The monoisotopic (exact) mass is 344 g/mol. The number of carbonyl (C=O) groups excluding carboxylic acids is 1. The Morgan fingerprint density at radius 3 is 2.52 bits per heavy atom. The summed E-state index contributed by atoms with van der Waals surface area (Å²) < 4.78 is 10.1. The number of aromatic nitrogens is 2. The molecular formula is C16H12N2O7. The van der Waals surface area contributed by atoms with E-state index in [1.54, 1.807) is 6.92 Å². The van der Waals surface area contributed by atoms with Crippen molar-refractivity contribution in [1.82, 2.24) is 9.97 Å². The Morgan fingerprint density at radius 2 is 1.96 bits per heavy atom. The molecule has 3 aromatic rings. The molecule has 0 unspecified atom stereocenters. The molecule has 3 rings (SSSR count). The Hall–Kier alpha value is -3.62. The van der Waals surface area contributed by atoms with Gasteiger partial charge in [-0.25, -0.2) is 14.6 Å².